The van der Waals surface area contributed by atoms with Crippen LogP contribution in [0.5, 0.6) is 0 Å². The van der Waals surface area contributed by atoms with E-state index in [1.807, 2.05) is 0 Å². The maximum absolute atomic E-state index is 12.5. The number of nitrogens with zero attached hydrogens (tertiary/aromatic N) is 2. The molecular weight excluding hydrogens is 303 g/mol. The van der Waals surface area contributed by atoms with Gasteiger partial charge in [0.1, 0.15) is 5.69 Å². The van der Waals surface area contributed by atoms with Crippen LogP contribution in [0.1, 0.15) is 21.6 Å². The molecule has 0 saturated heterocycles. The van der Waals surface area contributed by atoms with Crippen LogP contribution in [0.3, 0.4) is 0 Å². The van der Waals surface area contributed by atoms with Crippen molar-refractivity contribution in [2.45, 2.75) is 17.1 Å². The lowest BCUT2D eigenvalue weighted by molar-refractivity contribution is -0.141. The average Bonchev–Trinajstić information content (AvgIpc) is 2.45. The minimum atomic E-state index is -4.48. The lowest BCUT2D eigenvalue weighted by atomic mass is 10.1. The van der Waals surface area contributed by atoms with Gasteiger partial charge in [-0.25, -0.2) is 9.97 Å². The molecule has 0 aliphatic rings. The molecule has 4 nitrogen and oxygen atoms in total. The van der Waals surface area contributed by atoms with Crippen LogP contribution in [0.4, 0.5) is 13.2 Å². The number of carbonyl (C=O) groups is 1. The van der Waals surface area contributed by atoms with E-state index in [2.05, 4.69) is 9.97 Å². The van der Waals surface area contributed by atoms with Gasteiger partial charge in [0.15, 0.2) is 5.16 Å². The zero-order chi connectivity index (χ0) is 15.5. The summed E-state index contributed by atoms with van der Waals surface area (Å²) in [5.74, 6) is -0.143. The Morgan fingerprint density at radius 1 is 1.19 bits per heavy atom. The standard InChI is InChI=1S/C13H10F3N3OS/c14-13(15,16)10-5-6-18-12(19-10)21-7-8-1-3-9(4-2-8)11(17)20/h1-6H,7H2,(H2,17,20). The SMILES string of the molecule is NC(=O)c1ccc(CSc2nccc(C(F)(F)F)n2)cc1. The van der Waals surface area contributed by atoms with E-state index in [9.17, 15) is 18.0 Å². The Morgan fingerprint density at radius 2 is 1.86 bits per heavy atom. The second-order valence-corrected chi connectivity index (χ2v) is 5.01. The maximum atomic E-state index is 12.5. The van der Waals surface area contributed by atoms with Gasteiger partial charge in [0.2, 0.25) is 5.91 Å². The molecule has 0 unspecified atom stereocenters. The monoisotopic (exact) mass is 313 g/mol. The quantitative estimate of drug-likeness (QED) is 0.696. The number of nitrogens with two attached hydrogens (primary N) is 1. The molecule has 1 aromatic carbocycles. The molecule has 0 saturated carbocycles. The van der Waals surface area contributed by atoms with Crippen molar-refractivity contribution in [1.29, 1.82) is 0 Å². The van der Waals surface area contributed by atoms with E-state index in [1.54, 1.807) is 24.3 Å². The third-order valence-electron chi connectivity index (χ3n) is 2.53. The van der Waals surface area contributed by atoms with E-state index in [0.29, 0.717) is 11.3 Å². The summed E-state index contributed by atoms with van der Waals surface area (Å²) in [4.78, 5) is 18.2. The summed E-state index contributed by atoms with van der Waals surface area (Å²) in [7, 11) is 0. The molecule has 0 atom stereocenters. The first kappa shape index (κ1) is 15.3. The van der Waals surface area contributed by atoms with Crippen molar-refractivity contribution in [3.05, 3.63) is 53.3 Å². The second-order valence-electron chi connectivity index (χ2n) is 4.07. The molecule has 0 fully saturated rings. The minimum absolute atomic E-state index is 0.0452. The van der Waals surface area contributed by atoms with E-state index in [0.717, 1.165) is 29.6 Å². The van der Waals surface area contributed by atoms with Crippen LogP contribution in [-0.2, 0) is 11.9 Å². The number of alkyl halides is 3. The van der Waals surface area contributed by atoms with Crippen molar-refractivity contribution >= 4 is 17.7 Å². The molecule has 2 N–H and O–H groups in total. The van der Waals surface area contributed by atoms with Crippen LogP contribution >= 0.6 is 11.8 Å². The van der Waals surface area contributed by atoms with Gasteiger partial charge in [-0.1, -0.05) is 23.9 Å². The zero-order valence-corrected chi connectivity index (χ0v) is 11.4. The lowest BCUT2D eigenvalue weighted by Gasteiger charge is -2.06. The van der Waals surface area contributed by atoms with Crippen molar-refractivity contribution in [2.24, 2.45) is 5.73 Å². The van der Waals surface area contributed by atoms with Crippen LogP contribution in [0, 0.1) is 0 Å². The smallest absolute Gasteiger partial charge is 0.366 e. The summed E-state index contributed by atoms with van der Waals surface area (Å²) >= 11 is 1.08. The van der Waals surface area contributed by atoms with Gasteiger partial charge in [0.05, 0.1) is 0 Å². The number of hydrogen-bond donors (Lipinski definition) is 1. The van der Waals surface area contributed by atoms with Crippen molar-refractivity contribution in [2.75, 3.05) is 0 Å². The largest absolute Gasteiger partial charge is 0.433 e. The van der Waals surface area contributed by atoms with Gasteiger partial charge in [-0.3, -0.25) is 4.79 Å². The minimum Gasteiger partial charge on any atom is -0.366 e. The number of carbonyl (C=O) groups excluding carboxylic acids is 1. The van der Waals surface area contributed by atoms with Crippen LogP contribution < -0.4 is 5.73 Å². The highest BCUT2D eigenvalue weighted by Gasteiger charge is 2.32. The number of amides is 1. The summed E-state index contributed by atoms with van der Waals surface area (Å²) < 4.78 is 37.5. The number of aromatic nitrogens is 2. The first-order valence-electron chi connectivity index (χ1n) is 5.78. The molecule has 110 valence electrons. The van der Waals surface area contributed by atoms with Crippen LogP contribution in [0.25, 0.3) is 0 Å². The Morgan fingerprint density at radius 3 is 2.43 bits per heavy atom. The van der Waals surface area contributed by atoms with Crippen molar-refractivity contribution < 1.29 is 18.0 Å². The molecule has 0 radical (unpaired) electrons. The summed E-state index contributed by atoms with van der Waals surface area (Å²) in [5.41, 5.74) is 5.35. The fourth-order valence-electron chi connectivity index (χ4n) is 1.48. The third-order valence-corrected chi connectivity index (χ3v) is 3.46. The van der Waals surface area contributed by atoms with E-state index in [4.69, 9.17) is 5.73 Å². The molecule has 1 amide bonds. The highest BCUT2D eigenvalue weighted by atomic mass is 32.2. The predicted molar refractivity (Wildman–Crippen MR) is 71.6 cm³/mol. The number of rotatable bonds is 4. The van der Waals surface area contributed by atoms with Crippen molar-refractivity contribution in [1.82, 2.24) is 9.97 Å². The molecule has 1 heterocycles. The first-order chi connectivity index (χ1) is 9.86. The summed E-state index contributed by atoms with van der Waals surface area (Å²) in [6.45, 7) is 0. The number of hydrogen-bond acceptors (Lipinski definition) is 4. The molecule has 0 spiro atoms. The van der Waals surface area contributed by atoms with Crippen molar-refractivity contribution in [3.8, 4) is 0 Å². The third kappa shape index (κ3) is 4.19. The Kier molecular flexibility index (Phi) is 4.46. The molecule has 21 heavy (non-hydrogen) atoms. The van der Waals surface area contributed by atoms with Crippen LogP contribution in [-0.4, -0.2) is 15.9 Å². The number of thioether (sulfide) groups is 1. The lowest BCUT2D eigenvalue weighted by Crippen LogP contribution is -2.10. The normalized spacial score (nSPS) is 11.4. The molecule has 8 heteroatoms. The van der Waals surface area contributed by atoms with Gasteiger partial charge in [-0.2, -0.15) is 13.2 Å². The van der Waals surface area contributed by atoms with Gasteiger partial charge in [0, 0.05) is 17.5 Å². The zero-order valence-electron chi connectivity index (χ0n) is 10.6. The second kappa shape index (κ2) is 6.13. The Labute approximate surface area is 122 Å². The average molecular weight is 313 g/mol. The maximum Gasteiger partial charge on any atom is 0.433 e. The summed E-state index contributed by atoms with van der Waals surface area (Å²) in [5, 5.41) is 0.0452. The van der Waals surface area contributed by atoms with Gasteiger partial charge in [0.25, 0.3) is 0 Å². The van der Waals surface area contributed by atoms with Crippen LogP contribution in [0.2, 0.25) is 0 Å². The highest BCUT2D eigenvalue weighted by Crippen LogP contribution is 2.29. The Hall–Kier alpha value is -2.09. The van der Waals surface area contributed by atoms with E-state index in [-0.39, 0.29) is 5.16 Å². The van der Waals surface area contributed by atoms with Crippen LogP contribution in [0.15, 0.2) is 41.7 Å². The first-order valence-corrected chi connectivity index (χ1v) is 6.76. The summed E-state index contributed by atoms with van der Waals surface area (Å²) in [6, 6.07) is 7.31. The molecule has 2 aromatic rings. The number of benzene rings is 1. The van der Waals surface area contributed by atoms with Crippen molar-refractivity contribution in [3.63, 3.8) is 0 Å². The molecule has 0 aliphatic carbocycles. The summed E-state index contributed by atoms with van der Waals surface area (Å²) in [6.07, 6.45) is -3.41. The molecule has 0 aliphatic heterocycles. The molecular formula is C13H10F3N3OS. The van der Waals surface area contributed by atoms with E-state index >= 15 is 0 Å². The predicted octanol–water partition coefficient (Wildman–Crippen LogP) is 2.89. The molecule has 0 bridgehead atoms. The molecule has 2 rings (SSSR count). The van der Waals surface area contributed by atoms with Gasteiger partial charge in [-0.05, 0) is 23.8 Å². The fraction of sp³-hybridized carbons (Fsp3) is 0.154. The Bertz CT molecular complexity index is 644. The Balaban J connectivity index is 2.04. The number of primary amides is 1. The molecule has 1 aromatic heterocycles. The van der Waals surface area contributed by atoms with E-state index in [1.165, 1.54) is 0 Å². The highest BCUT2D eigenvalue weighted by molar-refractivity contribution is 7.98. The topological polar surface area (TPSA) is 68.9 Å². The van der Waals surface area contributed by atoms with Gasteiger partial charge in [-0.15, -0.1) is 0 Å². The van der Waals surface area contributed by atoms with Gasteiger partial charge >= 0.3 is 6.18 Å². The van der Waals surface area contributed by atoms with E-state index < -0.39 is 17.8 Å². The fourth-order valence-corrected chi connectivity index (χ4v) is 2.27. The number of halogens is 3. The van der Waals surface area contributed by atoms with Gasteiger partial charge < -0.3 is 5.73 Å².